The lowest BCUT2D eigenvalue weighted by atomic mass is 10.1. The Kier molecular flexibility index (Phi) is 5.69. The van der Waals surface area contributed by atoms with Crippen LogP contribution >= 0.6 is 0 Å². The molecule has 2 aliphatic heterocycles. The molecule has 0 aromatic carbocycles. The third-order valence-corrected chi connectivity index (χ3v) is 7.04. The second-order valence-corrected chi connectivity index (χ2v) is 9.27. The van der Waals surface area contributed by atoms with Crippen LogP contribution in [0.15, 0.2) is 18.3 Å². The van der Waals surface area contributed by atoms with Gasteiger partial charge in [-0.1, -0.05) is 0 Å². The van der Waals surface area contributed by atoms with E-state index in [-0.39, 0.29) is 29.4 Å². The van der Waals surface area contributed by atoms with Crippen molar-refractivity contribution in [2.75, 3.05) is 49.1 Å². The fourth-order valence-electron chi connectivity index (χ4n) is 3.74. The molecular weight excluding hydrogens is 368 g/mol. The molecule has 2 aliphatic rings. The molecule has 1 unspecified atom stereocenters. The third-order valence-electron chi connectivity index (χ3n) is 5.29. The van der Waals surface area contributed by atoms with E-state index in [1.807, 2.05) is 11.8 Å². The number of anilines is 1. The van der Waals surface area contributed by atoms with Gasteiger partial charge in [0, 0.05) is 57.4 Å². The van der Waals surface area contributed by atoms with Crippen molar-refractivity contribution in [2.45, 2.75) is 26.3 Å². The lowest BCUT2D eigenvalue weighted by Gasteiger charge is -2.34. The van der Waals surface area contributed by atoms with Crippen molar-refractivity contribution in [3.05, 3.63) is 23.9 Å². The molecule has 3 heterocycles. The summed E-state index contributed by atoms with van der Waals surface area (Å²) in [5.74, 6) is 0.907. The first-order valence-electron chi connectivity index (χ1n) is 9.28. The van der Waals surface area contributed by atoms with E-state index in [9.17, 15) is 18.0 Å². The van der Waals surface area contributed by atoms with Crippen LogP contribution in [0.25, 0.3) is 0 Å². The van der Waals surface area contributed by atoms with Crippen molar-refractivity contribution in [1.82, 2.24) is 14.8 Å². The van der Waals surface area contributed by atoms with E-state index in [1.165, 1.54) is 6.92 Å². The molecule has 27 heavy (non-hydrogen) atoms. The Hall–Kier alpha value is -2.16. The molecule has 1 aromatic heterocycles. The molecule has 3 rings (SSSR count). The molecule has 1 aromatic rings. The van der Waals surface area contributed by atoms with Crippen LogP contribution in [-0.4, -0.2) is 85.3 Å². The quantitative estimate of drug-likeness (QED) is 0.734. The summed E-state index contributed by atoms with van der Waals surface area (Å²) >= 11 is 0. The zero-order valence-electron chi connectivity index (χ0n) is 15.8. The third kappa shape index (κ3) is 4.40. The van der Waals surface area contributed by atoms with Gasteiger partial charge < -0.3 is 14.7 Å². The summed E-state index contributed by atoms with van der Waals surface area (Å²) in [5.41, 5.74) is 0.538. The van der Waals surface area contributed by atoms with Gasteiger partial charge in [-0.05, 0) is 25.5 Å². The molecule has 0 spiro atoms. The van der Waals surface area contributed by atoms with Crippen LogP contribution in [0.4, 0.5) is 5.82 Å². The average Bonchev–Trinajstić information content (AvgIpc) is 3.01. The van der Waals surface area contributed by atoms with Crippen LogP contribution < -0.4 is 4.90 Å². The van der Waals surface area contributed by atoms with E-state index in [4.69, 9.17) is 0 Å². The van der Waals surface area contributed by atoms with Gasteiger partial charge in [-0.25, -0.2) is 13.4 Å². The number of hydrogen-bond acceptors (Lipinski definition) is 6. The number of carbonyl (C=O) groups is 2. The van der Waals surface area contributed by atoms with Crippen molar-refractivity contribution in [2.24, 2.45) is 0 Å². The molecule has 1 atom stereocenters. The van der Waals surface area contributed by atoms with Gasteiger partial charge in [0.15, 0.2) is 9.84 Å². The van der Waals surface area contributed by atoms with Crippen molar-refractivity contribution >= 4 is 27.5 Å². The summed E-state index contributed by atoms with van der Waals surface area (Å²) < 4.78 is 23.6. The highest BCUT2D eigenvalue weighted by Crippen LogP contribution is 2.24. The molecule has 0 saturated carbocycles. The smallest absolute Gasteiger partial charge is 0.254 e. The number of piperazine rings is 1. The van der Waals surface area contributed by atoms with Crippen LogP contribution in [0.5, 0.6) is 0 Å². The van der Waals surface area contributed by atoms with E-state index in [0.717, 1.165) is 0 Å². The Bertz CT molecular complexity index is 818. The van der Waals surface area contributed by atoms with Gasteiger partial charge in [-0.2, -0.15) is 0 Å². The topological polar surface area (TPSA) is 90.9 Å². The Morgan fingerprint density at radius 2 is 1.89 bits per heavy atom. The highest BCUT2D eigenvalue weighted by Gasteiger charge is 2.32. The first-order chi connectivity index (χ1) is 12.8. The summed E-state index contributed by atoms with van der Waals surface area (Å²) in [4.78, 5) is 34.1. The van der Waals surface area contributed by atoms with E-state index in [1.54, 1.807) is 28.1 Å². The number of amides is 2. The van der Waals surface area contributed by atoms with E-state index in [0.29, 0.717) is 50.5 Å². The number of carbonyl (C=O) groups excluding carboxylic acids is 2. The van der Waals surface area contributed by atoms with Crippen LogP contribution in [-0.2, 0) is 14.6 Å². The molecule has 2 fully saturated rings. The first-order valence-corrected chi connectivity index (χ1v) is 11.1. The molecule has 0 aliphatic carbocycles. The van der Waals surface area contributed by atoms with Gasteiger partial charge in [-0.15, -0.1) is 0 Å². The molecule has 9 heteroatoms. The largest absolute Gasteiger partial charge is 0.353 e. The van der Waals surface area contributed by atoms with Gasteiger partial charge in [0.1, 0.15) is 5.82 Å². The first kappa shape index (κ1) is 19.6. The average molecular weight is 394 g/mol. The number of sulfone groups is 1. The minimum Gasteiger partial charge on any atom is -0.353 e. The molecule has 148 valence electrons. The van der Waals surface area contributed by atoms with E-state index >= 15 is 0 Å². The van der Waals surface area contributed by atoms with Crippen LogP contribution in [0.1, 0.15) is 30.6 Å². The monoisotopic (exact) mass is 394 g/mol. The molecule has 2 saturated heterocycles. The Labute approximate surface area is 160 Å². The predicted molar refractivity (Wildman–Crippen MR) is 102 cm³/mol. The number of aromatic nitrogens is 1. The number of nitrogens with zero attached hydrogens (tertiary/aromatic N) is 4. The summed E-state index contributed by atoms with van der Waals surface area (Å²) in [7, 11) is -2.99. The fraction of sp³-hybridized carbons (Fsp3) is 0.611. The molecule has 0 radical (unpaired) electrons. The SMILES string of the molecule is CCN(c1cc(C(=O)N2CCN(C(C)=O)CC2)ccn1)C1CCS(=O)(=O)C1. The van der Waals surface area contributed by atoms with Gasteiger partial charge in [0.2, 0.25) is 5.91 Å². The normalized spacial score (nSPS) is 21.9. The van der Waals surface area contributed by atoms with Crippen LogP contribution in [0.3, 0.4) is 0 Å². The zero-order valence-corrected chi connectivity index (χ0v) is 16.6. The maximum absolute atomic E-state index is 12.8. The Morgan fingerprint density at radius 3 is 2.44 bits per heavy atom. The molecular formula is C18H26N4O4S. The molecule has 0 bridgehead atoms. The molecule has 2 amide bonds. The van der Waals surface area contributed by atoms with Gasteiger partial charge in [-0.3, -0.25) is 9.59 Å². The summed E-state index contributed by atoms with van der Waals surface area (Å²) in [6.07, 6.45) is 2.18. The summed E-state index contributed by atoms with van der Waals surface area (Å²) in [5, 5.41) is 0. The number of pyridine rings is 1. The Morgan fingerprint density at radius 1 is 1.22 bits per heavy atom. The summed E-state index contributed by atoms with van der Waals surface area (Å²) in [6, 6.07) is 3.33. The predicted octanol–water partition coefficient (Wildman–Crippen LogP) is 0.399. The second-order valence-electron chi connectivity index (χ2n) is 7.04. The van der Waals surface area contributed by atoms with E-state index in [2.05, 4.69) is 4.98 Å². The Balaban J connectivity index is 1.73. The van der Waals surface area contributed by atoms with Gasteiger partial charge in [0.05, 0.1) is 11.5 Å². The van der Waals surface area contributed by atoms with Gasteiger partial charge in [0.25, 0.3) is 5.91 Å². The van der Waals surface area contributed by atoms with Crippen molar-refractivity contribution in [3.63, 3.8) is 0 Å². The highest BCUT2D eigenvalue weighted by molar-refractivity contribution is 7.91. The molecule has 8 nitrogen and oxygen atoms in total. The lowest BCUT2D eigenvalue weighted by molar-refractivity contribution is -0.130. The standard InChI is InChI=1S/C18H26N4O4S/c1-3-22(16-5-11-27(25,26)13-16)17-12-15(4-6-19-17)18(24)21-9-7-20(8-10-21)14(2)23/h4,6,12,16H,3,5,7-11,13H2,1-2H3. The maximum Gasteiger partial charge on any atom is 0.254 e. The lowest BCUT2D eigenvalue weighted by Crippen LogP contribution is -2.50. The summed E-state index contributed by atoms with van der Waals surface area (Å²) in [6.45, 7) is 6.22. The van der Waals surface area contributed by atoms with Crippen LogP contribution in [0, 0.1) is 0 Å². The van der Waals surface area contributed by atoms with E-state index < -0.39 is 9.84 Å². The fourth-order valence-corrected chi connectivity index (χ4v) is 5.47. The molecule has 0 N–H and O–H groups in total. The zero-order chi connectivity index (χ0) is 19.6. The number of rotatable bonds is 4. The van der Waals surface area contributed by atoms with Crippen molar-refractivity contribution in [1.29, 1.82) is 0 Å². The minimum atomic E-state index is -2.99. The van der Waals surface area contributed by atoms with Crippen molar-refractivity contribution in [3.8, 4) is 0 Å². The maximum atomic E-state index is 12.8. The van der Waals surface area contributed by atoms with Gasteiger partial charge >= 0.3 is 0 Å². The highest BCUT2D eigenvalue weighted by atomic mass is 32.2. The second kappa shape index (κ2) is 7.84. The minimum absolute atomic E-state index is 0.0263. The van der Waals surface area contributed by atoms with Crippen molar-refractivity contribution < 1.29 is 18.0 Å². The number of hydrogen-bond donors (Lipinski definition) is 0. The van der Waals surface area contributed by atoms with Crippen LogP contribution in [0.2, 0.25) is 0 Å².